The molecule has 7 nitrogen and oxygen atoms in total. The van der Waals surface area contributed by atoms with Gasteiger partial charge in [-0.15, -0.1) is 10.2 Å². The van der Waals surface area contributed by atoms with E-state index in [4.69, 9.17) is 0 Å². The van der Waals surface area contributed by atoms with E-state index in [0.29, 0.717) is 23.0 Å². The lowest BCUT2D eigenvalue weighted by Gasteiger charge is -2.17. The average Bonchev–Trinajstić information content (AvgIpc) is 3.23. The number of aromatic nitrogens is 4. The van der Waals surface area contributed by atoms with Crippen LogP contribution in [0.5, 0.6) is 0 Å². The molecule has 0 spiro atoms. The van der Waals surface area contributed by atoms with Crippen molar-refractivity contribution in [2.45, 2.75) is 6.18 Å². The summed E-state index contributed by atoms with van der Waals surface area (Å²) in [5, 5.41) is 8.00. The summed E-state index contributed by atoms with van der Waals surface area (Å²) < 4.78 is 47.4. The Morgan fingerprint density at radius 2 is 1.73 bits per heavy atom. The smallest absolute Gasteiger partial charge is 0.418 e. The first-order valence-corrected chi connectivity index (χ1v) is 9.68. The highest BCUT2D eigenvalue weighted by Gasteiger charge is 2.37. The van der Waals surface area contributed by atoms with Gasteiger partial charge in [0.1, 0.15) is 12.0 Å². The number of rotatable bonds is 4. The number of hydrogen-bond acceptors (Lipinski definition) is 5. The van der Waals surface area contributed by atoms with Gasteiger partial charge in [0.05, 0.1) is 12.7 Å². The number of hydrogen-bond donors (Lipinski definition) is 1. The maximum atomic E-state index is 13.8. The number of nitrogens with one attached hydrogen (secondary N) is 1. The summed E-state index contributed by atoms with van der Waals surface area (Å²) >= 11 is 0. The Labute approximate surface area is 185 Å². The first-order valence-electron chi connectivity index (χ1n) is 9.68. The molecule has 0 saturated carbocycles. The van der Waals surface area contributed by atoms with Gasteiger partial charge in [0.15, 0.2) is 5.82 Å². The fourth-order valence-corrected chi connectivity index (χ4v) is 3.60. The van der Waals surface area contributed by atoms with Crippen LogP contribution >= 0.6 is 0 Å². The number of halogens is 3. The molecule has 0 amide bonds. The minimum absolute atomic E-state index is 0.204. The average molecular weight is 454 g/mol. The quantitative estimate of drug-likeness (QED) is 0.464. The van der Waals surface area contributed by atoms with Gasteiger partial charge in [-0.25, -0.2) is 4.79 Å². The van der Waals surface area contributed by atoms with Crippen molar-refractivity contribution >= 4 is 5.97 Å². The normalized spacial score (nSPS) is 11.4. The van der Waals surface area contributed by atoms with Gasteiger partial charge in [-0.3, -0.25) is 4.79 Å². The third kappa shape index (κ3) is 4.02. The predicted molar refractivity (Wildman–Crippen MR) is 114 cm³/mol. The molecule has 0 aliphatic carbocycles. The molecule has 0 fully saturated rings. The Bertz CT molecular complexity index is 1390. The molecule has 4 aromatic rings. The second-order valence-corrected chi connectivity index (χ2v) is 7.15. The largest absolute Gasteiger partial charge is 0.464 e. The standard InChI is InChI=1S/C23H17F3N4O3/c1-30-12-27-29-20(30)18-14(13-7-4-3-5-8-13)9-6-10-15(18)16-11-17(23(24,25)26)19(22(32)33-2)28-21(16)31/h3-12H,1-2H3,(H,28,31). The second kappa shape index (κ2) is 8.38. The molecule has 0 atom stereocenters. The van der Waals surface area contributed by atoms with Gasteiger partial charge in [0.25, 0.3) is 5.56 Å². The molecular weight excluding hydrogens is 437 g/mol. The van der Waals surface area contributed by atoms with Gasteiger partial charge in [-0.1, -0.05) is 48.5 Å². The van der Waals surface area contributed by atoms with Crippen LogP contribution in [0.1, 0.15) is 16.1 Å². The molecular formula is C23H17F3N4O3. The van der Waals surface area contributed by atoms with Gasteiger partial charge in [0.2, 0.25) is 0 Å². The van der Waals surface area contributed by atoms with Crippen molar-refractivity contribution < 1.29 is 22.7 Å². The van der Waals surface area contributed by atoms with E-state index in [0.717, 1.165) is 12.7 Å². The van der Waals surface area contributed by atoms with Crippen LogP contribution in [0.3, 0.4) is 0 Å². The van der Waals surface area contributed by atoms with Crippen LogP contribution in [-0.2, 0) is 18.0 Å². The number of alkyl halides is 3. The van der Waals surface area contributed by atoms with Gasteiger partial charge in [-0.05, 0) is 22.8 Å². The van der Waals surface area contributed by atoms with Crippen molar-refractivity contribution in [3.8, 4) is 33.6 Å². The van der Waals surface area contributed by atoms with Gasteiger partial charge < -0.3 is 14.3 Å². The van der Waals surface area contributed by atoms with E-state index in [1.54, 1.807) is 23.7 Å². The maximum absolute atomic E-state index is 13.8. The van der Waals surface area contributed by atoms with E-state index in [-0.39, 0.29) is 11.1 Å². The number of aryl methyl sites for hydroxylation is 1. The number of ether oxygens (including phenoxy) is 1. The van der Waals surface area contributed by atoms with Crippen LogP contribution in [0, 0.1) is 0 Å². The fourth-order valence-electron chi connectivity index (χ4n) is 3.60. The number of benzene rings is 2. The summed E-state index contributed by atoms with van der Waals surface area (Å²) in [4.78, 5) is 26.9. The molecule has 2 aromatic heterocycles. The SMILES string of the molecule is COC(=O)c1[nH]c(=O)c(-c2cccc(-c3ccccc3)c2-c2nncn2C)cc1C(F)(F)F. The van der Waals surface area contributed by atoms with Crippen molar-refractivity contribution in [1.82, 2.24) is 19.7 Å². The lowest BCUT2D eigenvalue weighted by molar-refractivity contribution is -0.138. The molecule has 1 N–H and O–H groups in total. The van der Waals surface area contributed by atoms with Gasteiger partial charge in [-0.2, -0.15) is 13.2 Å². The van der Waals surface area contributed by atoms with Crippen LogP contribution in [0.4, 0.5) is 13.2 Å². The third-order valence-electron chi connectivity index (χ3n) is 5.11. The van der Waals surface area contributed by atoms with Crippen molar-refractivity contribution in [2.75, 3.05) is 7.11 Å². The minimum Gasteiger partial charge on any atom is -0.464 e. The molecule has 0 bridgehead atoms. The Kier molecular flexibility index (Phi) is 5.59. The van der Waals surface area contributed by atoms with Gasteiger partial charge >= 0.3 is 12.1 Å². The number of methoxy groups -OCH3 is 1. The zero-order valence-electron chi connectivity index (χ0n) is 17.5. The monoisotopic (exact) mass is 454 g/mol. The fraction of sp³-hybridized carbons (Fsp3) is 0.130. The molecule has 2 aromatic carbocycles. The number of pyridine rings is 1. The zero-order valence-corrected chi connectivity index (χ0v) is 17.5. The highest BCUT2D eigenvalue weighted by molar-refractivity contribution is 5.94. The van der Waals surface area contributed by atoms with Crippen molar-refractivity contribution in [3.05, 3.63) is 82.5 Å². The predicted octanol–water partition coefficient (Wildman–Crippen LogP) is 4.31. The zero-order chi connectivity index (χ0) is 23.8. The van der Waals surface area contributed by atoms with E-state index >= 15 is 0 Å². The minimum atomic E-state index is -4.91. The molecule has 0 saturated heterocycles. The van der Waals surface area contributed by atoms with Gasteiger partial charge in [0, 0.05) is 18.2 Å². The number of nitrogens with zero attached hydrogens (tertiary/aromatic N) is 3. The number of carbonyl (C=O) groups is 1. The summed E-state index contributed by atoms with van der Waals surface area (Å²) in [5.41, 5.74) is -1.37. The topological polar surface area (TPSA) is 89.9 Å². The highest BCUT2D eigenvalue weighted by atomic mass is 19.4. The van der Waals surface area contributed by atoms with E-state index in [9.17, 15) is 22.8 Å². The van der Waals surface area contributed by atoms with Crippen LogP contribution in [0.2, 0.25) is 0 Å². The maximum Gasteiger partial charge on any atom is 0.418 e. The molecule has 33 heavy (non-hydrogen) atoms. The Morgan fingerprint density at radius 1 is 1.03 bits per heavy atom. The highest BCUT2D eigenvalue weighted by Crippen LogP contribution is 2.40. The lowest BCUT2D eigenvalue weighted by atomic mass is 9.91. The van der Waals surface area contributed by atoms with E-state index in [2.05, 4.69) is 19.9 Å². The van der Waals surface area contributed by atoms with Crippen molar-refractivity contribution in [3.63, 3.8) is 0 Å². The van der Waals surface area contributed by atoms with E-state index in [1.807, 2.05) is 30.3 Å². The summed E-state index contributed by atoms with van der Waals surface area (Å²) in [6.07, 6.45) is -3.46. The van der Waals surface area contributed by atoms with Crippen molar-refractivity contribution in [2.24, 2.45) is 7.05 Å². The molecule has 0 aliphatic rings. The Hall–Kier alpha value is -4.21. The van der Waals surface area contributed by atoms with E-state index < -0.39 is 29.0 Å². The first-order chi connectivity index (χ1) is 15.7. The molecule has 0 unspecified atom stereocenters. The van der Waals surface area contributed by atoms with Crippen LogP contribution < -0.4 is 5.56 Å². The number of aromatic amines is 1. The van der Waals surface area contributed by atoms with Crippen molar-refractivity contribution in [1.29, 1.82) is 0 Å². The second-order valence-electron chi connectivity index (χ2n) is 7.15. The molecule has 168 valence electrons. The molecule has 4 rings (SSSR count). The van der Waals surface area contributed by atoms with Crippen LogP contribution in [0.25, 0.3) is 33.6 Å². The summed E-state index contributed by atoms with van der Waals surface area (Å²) in [6.45, 7) is 0. The number of H-pyrrole nitrogens is 1. The van der Waals surface area contributed by atoms with Crippen LogP contribution in [0.15, 0.2) is 65.7 Å². The Balaban J connectivity index is 2.08. The molecule has 0 radical (unpaired) electrons. The van der Waals surface area contributed by atoms with E-state index in [1.165, 1.54) is 12.4 Å². The summed E-state index contributed by atoms with van der Waals surface area (Å²) in [7, 11) is 2.62. The molecule has 0 aliphatic heterocycles. The number of esters is 1. The first kappa shape index (κ1) is 22.0. The third-order valence-corrected chi connectivity index (χ3v) is 5.11. The Morgan fingerprint density at radius 3 is 2.33 bits per heavy atom. The lowest BCUT2D eigenvalue weighted by Crippen LogP contribution is -2.23. The summed E-state index contributed by atoms with van der Waals surface area (Å²) in [5.74, 6) is -0.938. The molecule has 2 heterocycles. The number of carbonyl (C=O) groups excluding carboxylic acids is 1. The van der Waals surface area contributed by atoms with Crippen LogP contribution in [-0.4, -0.2) is 32.8 Å². The summed E-state index contributed by atoms with van der Waals surface area (Å²) in [6, 6.07) is 14.8. The molecule has 10 heteroatoms.